The maximum absolute atomic E-state index is 9.97. The van der Waals surface area contributed by atoms with Gasteiger partial charge in [-0.15, -0.1) is 0 Å². The van der Waals surface area contributed by atoms with Crippen molar-refractivity contribution in [3.05, 3.63) is 0 Å². The lowest BCUT2D eigenvalue weighted by atomic mass is 10.1. The Bertz CT molecular complexity index is 144. The SMILES string of the molecule is NC(CCO)C(O)COS(=O)O. The second kappa shape index (κ2) is 6.46. The lowest BCUT2D eigenvalue weighted by molar-refractivity contribution is 0.0779. The first-order valence-electron chi connectivity index (χ1n) is 3.36. The van der Waals surface area contributed by atoms with Crippen LogP contribution in [-0.4, -0.2) is 44.3 Å². The summed E-state index contributed by atoms with van der Waals surface area (Å²) >= 11 is -2.38. The maximum Gasteiger partial charge on any atom is 0.301 e. The van der Waals surface area contributed by atoms with Crippen LogP contribution in [0.15, 0.2) is 0 Å². The minimum absolute atomic E-state index is 0.138. The molecule has 0 saturated carbocycles. The van der Waals surface area contributed by atoms with Crippen molar-refractivity contribution < 1.29 is 23.2 Å². The van der Waals surface area contributed by atoms with E-state index in [9.17, 15) is 4.21 Å². The molecule has 0 aliphatic carbocycles. The highest BCUT2D eigenvalue weighted by molar-refractivity contribution is 7.74. The van der Waals surface area contributed by atoms with E-state index in [1.165, 1.54) is 0 Å². The van der Waals surface area contributed by atoms with Gasteiger partial charge in [0, 0.05) is 12.6 Å². The summed E-state index contributed by atoms with van der Waals surface area (Å²) in [5.74, 6) is 0. The normalized spacial score (nSPS) is 18.7. The van der Waals surface area contributed by atoms with Crippen molar-refractivity contribution in [2.75, 3.05) is 13.2 Å². The zero-order valence-corrected chi connectivity index (χ0v) is 7.24. The second-order valence-electron chi connectivity index (χ2n) is 2.25. The average Bonchev–Trinajstić information content (AvgIpc) is 2.00. The van der Waals surface area contributed by atoms with Crippen molar-refractivity contribution in [2.45, 2.75) is 18.6 Å². The van der Waals surface area contributed by atoms with Gasteiger partial charge in [-0.25, -0.2) is 0 Å². The standard InChI is InChI=1S/C5H13NO5S/c6-4(1-2-7)5(8)3-11-12(9)10/h4-5,7-8H,1-3,6H2,(H,9,10). The van der Waals surface area contributed by atoms with Crippen LogP contribution in [0, 0.1) is 0 Å². The van der Waals surface area contributed by atoms with Crippen molar-refractivity contribution in [3.8, 4) is 0 Å². The Morgan fingerprint density at radius 1 is 1.58 bits per heavy atom. The van der Waals surface area contributed by atoms with Crippen LogP contribution in [0.5, 0.6) is 0 Å². The van der Waals surface area contributed by atoms with E-state index in [2.05, 4.69) is 4.18 Å². The molecule has 74 valence electrons. The molecule has 0 radical (unpaired) electrons. The van der Waals surface area contributed by atoms with Crippen LogP contribution in [0.4, 0.5) is 0 Å². The molecule has 0 aliphatic rings. The fourth-order valence-corrected chi connectivity index (χ4v) is 0.849. The van der Waals surface area contributed by atoms with Crippen LogP contribution >= 0.6 is 0 Å². The van der Waals surface area contributed by atoms with E-state index in [1.54, 1.807) is 0 Å². The van der Waals surface area contributed by atoms with Gasteiger partial charge in [0.2, 0.25) is 0 Å². The summed E-state index contributed by atoms with van der Waals surface area (Å²) in [6.07, 6.45) is -0.809. The van der Waals surface area contributed by atoms with Crippen LogP contribution in [0.2, 0.25) is 0 Å². The predicted octanol–water partition coefficient (Wildman–Crippen LogP) is -1.79. The molecule has 0 aromatic heterocycles. The third-order valence-corrected chi connectivity index (χ3v) is 1.63. The second-order valence-corrected chi connectivity index (χ2v) is 2.92. The smallest absolute Gasteiger partial charge is 0.301 e. The van der Waals surface area contributed by atoms with E-state index in [4.69, 9.17) is 20.5 Å². The molecule has 3 unspecified atom stereocenters. The number of hydrogen-bond donors (Lipinski definition) is 4. The van der Waals surface area contributed by atoms with Gasteiger partial charge in [-0.2, -0.15) is 4.21 Å². The summed E-state index contributed by atoms with van der Waals surface area (Å²) < 4.78 is 22.3. The highest BCUT2D eigenvalue weighted by Crippen LogP contribution is 1.96. The minimum atomic E-state index is -2.38. The Balaban J connectivity index is 3.55. The molecule has 0 aromatic carbocycles. The maximum atomic E-state index is 9.97. The van der Waals surface area contributed by atoms with Crippen LogP contribution in [0.1, 0.15) is 6.42 Å². The van der Waals surface area contributed by atoms with Gasteiger partial charge in [-0.1, -0.05) is 0 Å². The first-order valence-corrected chi connectivity index (χ1v) is 4.39. The fourth-order valence-electron chi connectivity index (χ4n) is 0.593. The monoisotopic (exact) mass is 199 g/mol. The molecule has 0 spiro atoms. The number of aliphatic hydroxyl groups is 2. The summed E-state index contributed by atoms with van der Waals surface area (Å²) in [7, 11) is 0. The van der Waals surface area contributed by atoms with Crippen LogP contribution in [-0.2, 0) is 15.5 Å². The molecular weight excluding hydrogens is 186 g/mol. The highest BCUT2D eigenvalue weighted by Gasteiger charge is 2.15. The molecule has 3 atom stereocenters. The van der Waals surface area contributed by atoms with Crippen molar-refractivity contribution >= 4 is 11.4 Å². The number of rotatable bonds is 6. The third-order valence-electron chi connectivity index (χ3n) is 1.30. The molecule has 12 heavy (non-hydrogen) atoms. The summed E-state index contributed by atoms with van der Waals surface area (Å²) in [6, 6.07) is -0.640. The van der Waals surface area contributed by atoms with Gasteiger partial charge in [0.15, 0.2) is 0 Å². The largest absolute Gasteiger partial charge is 0.396 e. The Morgan fingerprint density at radius 2 is 2.17 bits per heavy atom. The van der Waals surface area contributed by atoms with Gasteiger partial charge < -0.3 is 15.9 Å². The first-order chi connectivity index (χ1) is 5.57. The Labute approximate surface area is 72.8 Å². The number of aliphatic hydroxyl groups excluding tert-OH is 2. The van der Waals surface area contributed by atoms with Crippen molar-refractivity contribution in [2.24, 2.45) is 5.73 Å². The van der Waals surface area contributed by atoms with Gasteiger partial charge in [-0.3, -0.25) is 8.74 Å². The van der Waals surface area contributed by atoms with Gasteiger partial charge in [0.1, 0.15) is 0 Å². The Morgan fingerprint density at radius 3 is 2.58 bits per heavy atom. The zero-order valence-electron chi connectivity index (χ0n) is 6.42. The van der Waals surface area contributed by atoms with Crippen LogP contribution < -0.4 is 5.73 Å². The third kappa shape index (κ3) is 5.58. The topological polar surface area (TPSA) is 113 Å². The molecule has 0 aliphatic heterocycles. The van der Waals surface area contributed by atoms with E-state index in [-0.39, 0.29) is 19.6 Å². The van der Waals surface area contributed by atoms with Crippen molar-refractivity contribution in [3.63, 3.8) is 0 Å². The molecule has 0 fully saturated rings. The van der Waals surface area contributed by atoms with Crippen LogP contribution in [0.25, 0.3) is 0 Å². The number of nitrogens with two attached hydrogens (primary N) is 1. The molecule has 0 heterocycles. The van der Waals surface area contributed by atoms with Crippen LogP contribution in [0.3, 0.4) is 0 Å². The zero-order chi connectivity index (χ0) is 9.56. The summed E-state index contributed by atoms with van der Waals surface area (Å²) in [5.41, 5.74) is 5.34. The average molecular weight is 199 g/mol. The summed E-state index contributed by atoms with van der Waals surface area (Å²) in [6.45, 7) is -0.454. The van der Waals surface area contributed by atoms with E-state index in [1.807, 2.05) is 0 Å². The molecule has 7 heteroatoms. The van der Waals surface area contributed by atoms with E-state index >= 15 is 0 Å². The molecule has 0 rings (SSSR count). The first kappa shape index (κ1) is 11.9. The predicted molar refractivity (Wildman–Crippen MR) is 42.4 cm³/mol. The Hall–Kier alpha value is -0.0500. The number of hydrogen-bond acceptors (Lipinski definition) is 5. The van der Waals surface area contributed by atoms with Crippen molar-refractivity contribution in [1.29, 1.82) is 0 Å². The molecule has 0 saturated heterocycles. The minimum Gasteiger partial charge on any atom is -0.396 e. The molecular formula is C5H13NO5S. The lowest BCUT2D eigenvalue weighted by Crippen LogP contribution is -2.38. The van der Waals surface area contributed by atoms with Gasteiger partial charge in [0.25, 0.3) is 0 Å². The molecule has 0 aromatic rings. The lowest BCUT2D eigenvalue weighted by Gasteiger charge is -2.16. The van der Waals surface area contributed by atoms with E-state index in [0.29, 0.717) is 0 Å². The van der Waals surface area contributed by atoms with Gasteiger partial charge in [-0.05, 0) is 6.42 Å². The van der Waals surface area contributed by atoms with E-state index in [0.717, 1.165) is 0 Å². The quantitative estimate of drug-likeness (QED) is 0.376. The highest BCUT2D eigenvalue weighted by atomic mass is 32.2. The molecule has 0 bridgehead atoms. The summed E-state index contributed by atoms with van der Waals surface area (Å²) in [5, 5.41) is 17.5. The van der Waals surface area contributed by atoms with Gasteiger partial charge >= 0.3 is 11.4 Å². The Kier molecular flexibility index (Phi) is 6.44. The summed E-state index contributed by atoms with van der Waals surface area (Å²) in [4.78, 5) is 0. The molecule has 6 nitrogen and oxygen atoms in total. The molecule has 5 N–H and O–H groups in total. The molecule has 0 amide bonds. The fraction of sp³-hybridized carbons (Fsp3) is 1.00. The van der Waals surface area contributed by atoms with E-state index < -0.39 is 23.5 Å². The van der Waals surface area contributed by atoms with Crippen molar-refractivity contribution in [1.82, 2.24) is 0 Å². The van der Waals surface area contributed by atoms with Gasteiger partial charge in [0.05, 0.1) is 12.7 Å².